The van der Waals surface area contributed by atoms with Gasteiger partial charge in [0.15, 0.2) is 11.6 Å². The van der Waals surface area contributed by atoms with Crippen LogP contribution in [0.25, 0.3) is 17.2 Å². The van der Waals surface area contributed by atoms with Gasteiger partial charge in [0.25, 0.3) is 0 Å². The zero-order chi connectivity index (χ0) is 14.1. The molecule has 0 spiro atoms. The molecular formula is C12H13N7O. The predicted molar refractivity (Wildman–Crippen MR) is 72.3 cm³/mol. The van der Waals surface area contributed by atoms with Crippen LogP contribution in [0.1, 0.15) is 0 Å². The molecule has 0 unspecified atom stereocenters. The van der Waals surface area contributed by atoms with Crippen LogP contribution >= 0.6 is 0 Å². The molecule has 8 heteroatoms. The molecule has 0 saturated carbocycles. The number of rotatable bonds is 3. The fourth-order valence-corrected chi connectivity index (χ4v) is 1.93. The summed E-state index contributed by atoms with van der Waals surface area (Å²) in [6.45, 7) is 0. The number of nitrogens with zero attached hydrogens (tertiary/aromatic N) is 6. The average molecular weight is 271 g/mol. The van der Waals surface area contributed by atoms with Crippen molar-refractivity contribution in [1.82, 2.24) is 30.0 Å². The number of hydrogen-bond donors (Lipinski definition) is 1. The number of hydrogen-bond acceptors (Lipinski definition) is 6. The number of aromatic nitrogens is 6. The molecule has 3 aromatic rings. The average Bonchev–Trinajstić information content (AvgIpc) is 3.06. The second-order valence-electron chi connectivity index (χ2n) is 4.22. The molecule has 8 nitrogen and oxygen atoms in total. The summed E-state index contributed by atoms with van der Waals surface area (Å²) >= 11 is 0. The quantitative estimate of drug-likeness (QED) is 0.703. The molecule has 0 amide bonds. The van der Waals surface area contributed by atoms with Crippen LogP contribution in [0.2, 0.25) is 0 Å². The van der Waals surface area contributed by atoms with Crippen LogP contribution in [0, 0.1) is 0 Å². The van der Waals surface area contributed by atoms with Gasteiger partial charge in [-0.25, -0.2) is 0 Å². The minimum atomic E-state index is 0.521. The second kappa shape index (κ2) is 4.65. The van der Waals surface area contributed by atoms with Crippen LogP contribution in [0.4, 0.5) is 5.69 Å². The van der Waals surface area contributed by atoms with Gasteiger partial charge in [-0.2, -0.15) is 9.78 Å². The molecule has 2 heterocycles. The molecule has 0 atom stereocenters. The zero-order valence-corrected chi connectivity index (χ0v) is 11.1. The molecule has 0 radical (unpaired) electrons. The van der Waals surface area contributed by atoms with E-state index in [9.17, 15) is 0 Å². The van der Waals surface area contributed by atoms with Crippen LogP contribution in [-0.2, 0) is 7.05 Å². The van der Waals surface area contributed by atoms with Crippen LogP contribution in [0.3, 0.4) is 0 Å². The van der Waals surface area contributed by atoms with E-state index in [0.717, 1.165) is 0 Å². The third-order valence-electron chi connectivity index (χ3n) is 2.85. The Hall–Kier alpha value is -2.90. The first kappa shape index (κ1) is 12.2. The maximum Gasteiger partial charge on any atom is 0.192 e. The van der Waals surface area contributed by atoms with Crippen molar-refractivity contribution >= 4 is 5.69 Å². The van der Waals surface area contributed by atoms with Crippen molar-refractivity contribution in [3.05, 3.63) is 30.5 Å². The van der Waals surface area contributed by atoms with Gasteiger partial charge < -0.3 is 10.5 Å². The Bertz CT molecular complexity index is 746. The molecule has 0 saturated heterocycles. The first-order valence-corrected chi connectivity index (χ1v) is 5.91. The Morgan fingerprint density at radius 1 is 1.25 bits per heavy atom. The van der Waals surface area contributed by atoms with E-state index in [2.05, 4.69) is 20.6 Å². The molecule has 0 aliphatic rings. The summed E-state index contributed by atoms with van der Waals surface area (Å²) in [6.07, 6.45) is 1.82. The van der Waals surface area contributed by atoms with Gasteiger partial charge in [-0.1, -0.05) is 0 Å². The second-order valence-corrected chi connectivity index (χ2v) is 4.22. The number of anilines is 1. The number of methoxy groups -OCH3 is 1. The van der Waals surface area contributed by atoms with Gasteiger partial charge >= 0.3 is 0 Å². The lowest BCUT2D eigenvalue weighted by Crippen LogP contribution is -2.03. The van der Waals surface area contributed by atoms with Crippen LogP contribution in [-0.4, -0.2) is 37.1 Å². The minimum Gasteiger partial charge on any atom is -0.496 e. The summed E-state index contributed by atoms with van der Waals surface area (Å²) in [5.41, 5.74) is 7.15. The molecule has 0 fully saturated rings. The monoisotopic (exact) mass is 271 g/mol. The molecule has 0 aliphatic heterocycles. The smallest absolute Gasteiger partial charge is 0.192 e. The van der Waals surface area contributed by atoms with Crippen molar-refractivity contribution in [3.63, 3.8) is 0 Å². The van der Waals surface area contributed by atoms with Crippen molar-refractivity contribution in [3.8, 4) is 23.0 Å². The Labute approximate surface area is 114 Å². The summed E-state index contributed by atoms with van der Waals surface area (Å²) in [4.78, 5) is 0. The highest BCUT2D eigenvalue weighted by molar-refractivity contribution is 5.69. The SMILES string of the molecule is COc1ccc(N)cc1-c1nnnn1-c1ccn(C)n1. The summed E-state index contributed by atoms with van der Waals surface area (Å²) in [5.74, 6) is 1.79. The Kier molecular flexibility index (Phi) is 2.82. The van der Waals surface area contributed by atoms with Gasteiger partial charge in [0, 0.05) is 25.0 Å². The van der Waals surface area contributed by atoms with Crippen molar-refractivity contribution in [2.75, 3.05) is 12.8 Å². The van der Waals surface area contributed by atoms with Crippen LogP contribution in [0.15, 0.2) is 30.5 Å². The van der Waals surface area contributed by atoms with E-state index in [-0.39, 0.29) is 0 Å². The Balaban J connectivity index is 2.17. The fourth-order valence-electron chi connectivity index (χ4n) is 1.93. The maximum absolute atomic E-state index is 5.83. The summed E-state index contributed by atoms with van der Waals surface area (Å²) in [5, 5.41) is 16.0. The lowest BCUT2D eigenvalue weighted by molar-refractivity contribution is 0.416. The van der Waals surface area contributed by atoms with E-state index < -0.39 is 0 Å². The third-order valence-corrected chi connectivity index (χ3v) is 2.85. The van der Waals surface area contributed by atoms with E-state index in [1.54, 1.807) is 30.0 Å². The normalized spacial score (nSPS) is 10.7. The molecular weight excluding hydrogens is 258 g/mol. The highest BCUT2D eigenvalue weighted by Gasteiger charge is 2.16. The lowest BCUT2D eigenvalue weighted by atomic mass is 10.1. The fraction of sp³-hybridized carbons (Fsp3) is 0.167. The summed E-state index contributed by atoms with van der Waals surface area (Å²) < 4.78 is 8.55. The maximum atomic E-state index is 5.83. The topological polar surface area (TPSA) is 96.7 Å². The molecule has 2 aromatic heterocycles. The van der Waals surface area contributed by atoms with Crippen molar-refractivity contribution < 1.29 is 4.74 Å². The molecule has 0 bridgehead atoms. The molecule has 20 heavy (non-hydrogen) atoms. The van der Waals surface area contributed by atoms with Gasteiger partial charge in [-0.3, -0.25) is 4.68 Å². The number of benzene rings is 1. The largest absolute Gasteiger partial charge is 0.496 e. The van der Waals surface area contributed by atoms with E-state index >= 15 is 0 Å². The minimum absolute atomic E-state index is 0.521. The molecule has 1 aromatic carbocycles. The van der Waals surface area contributed by atoms with Gasteiger partial charge in [-0.05, 0) is 28.6 Å². The highest BCUT2D eigenvalue weighted by Crippen LogP contribution is 2.30. The number of ether oxygens (including phenoxy) is 1. The number of nitrogens with two attached hydrogens (primary N) is 1. The van der Waals surface area contributed by atoms with Gasteiger partial charge in [0.2, 0.25) is 0 Å². The van der Waals surface area contributed by atoms with E-state index in [1.165, 1.54) is 4.68 Å². The number of tetrazole rings is 1. The van der Waals surface area contributed by atoms with Crippen molar-refractivity contribution in [2.24, 2.45) is 7.05 Å². The molecule has 0 aliphatic carbocycles. The van der Waals surface area contributed by atoms with Crippen LogP contribution < -0.4 is 10.5 Å². The Morgan fingerprint density at radius 2 is 2.10 bits per heavy atom. The van der Waals surface area contributed by atoms with Crippen LogP contribution in [0.5, 0.6) is 5.75 Å². The highest BCUT2D eigenvalue weighted by atomic mass is 16.5. The predicted octanol–water partition coefficient (Wildman–Crippen LogP) is 0.654. The molecule has 3 rings (SSSR count). The number of aryl methyl sites for hydroxylation is 1. The van der Waals surface area contributed by atoms with Gasteiger partial charge in [-0.15, -0.1) is 5.10 Å². The first-order valence-electron chi connectivity index (χ1n) is 5.91. The van der Waals surface area contributed by atoms with Gasteiger partial charge in [0.05, 0.1) is 12.7 Å². The summed E-state index contributed by atoms with van der Waals surface area (Å²) in [7, 11) is 3.42. The zero-order valence-electron chi connectivity index (χ0n) is 11.1. The van der Waals surface area contributed by atoms with E-state index in [0.29, 0.717) is 28.6 Å². The summed E-state index contributed by atoms with van der Waals surface area (Å²) in [6, 6.07) is 7.13. The molecule has 2 N–H and O–H groups in total. The third kappa shape index (κ3) is 1.96. The van der Waals surface area contributed by atoms with Gasteiger partial charge in [0.1, 0.15) is 5.75 Å². The number of nitrogen functional groups attached to an aromatic ring is 1. The standard InChI is InChI=1S/C12H13N7O/c1-18-6-5-11(15-18)19-12(14-16-17-19)9-7-8(13)3-4-10(9)20-2/h3-7H,13H2,1-2H3. The van der Waals surface area contributed by atoms with Crippen molar-refractivity contribution in [2.45, 2.75) is 0 Å². The van der Waals surface area contributed by atoms with E-state index in [1.807, 2.05) is 19.3 Å². The van der Waals surface area contributed by atoms with E-state index in [4.69, 9.17) is 10.5 Å². The lowest BCUT2D eigenvalue weighted by Gasteiger charge is -2.08. The Morgan fingerprint density at radius 3 is 2.80 bits per heavy atom. The molecule has 102 valence electrons. The van der Waals surface area contributed by atoms with Crippen molar-refractivity contribution in [1.29, 1.82) is 0 Å². The first-order chi connectivity index (χ1) is 9.69.